The van der Waals surface area contributed by atoms with Crippen molar-refractivity contribution < 1.29 is 0 Å². The number of thiazole rings is 1. The van der Waals surface area contributed by atoms with Crippen LogP contribution in [0, 0.1) is 0 Å². The largest absolute Gasteiger partial charge is 0.354 e. The number of guanidine groups is 1. The van der Waals surface area contributed by atoms with Crippen molar-refractivity contribution in [2.45, 2.75) is 25.4 Å². The van der Waals surface area contributed by atoms with Gasteiger partial charge in [0.2, 0.25) is 0 Å². The van der Waals surface area contributed by atoms with E-state index >= 15 is 0 Å². The normalized spacial score (nSPS) is 15.2. The highest BCUT2D eigenvalue weighted by Gasteiger charge is 2.22. The zero-order valence-electron chi connectivity index (χ0n) is 11.5. The van der Waals surface area contributed by atoms with Crippen LogP contribution in [0.15, 0.2) is 40.7 Å². The summed E-state index contributed by atoms with van der Waals surface area (Å²) in [5, 5.41) is 9.83. The molecule has 1 aliphatic rings. The Labute approximate surface area is 123 Å². The molecular weight excluding hydrogens is 268 g/mol. The fourth-order valence-corrected chi connectivity index (χ4v) is 2.72. The topological polar surface area (TPSA) is 49.3 Å². The van der Waals surface area contributed by atoms with Gasteiger partial charge in [-0.25, -0.2) is 4.98 Å². The van der Waals surface area contributed by atoms with Crippen LogP contribution in [0.5, 0.6) is 0 Å². The van der Waals surface area contributed by atoms with E-state index in [-0.39, 0.29) is 0 Å². The number of hydrogen-bond acceptors (Lipinski definition) is 3. The van der Waals surface area contributed by atoms with Crippen LogP contribution in [0.4, 0.5) is 0 Å². The first-order valence-electron chi connectivity index (χ1n) is 6.82. The Kier molecular flexibility index (Phi) is 3.97. The first-order valence-corrected chi connectivity index (χ1v) is 7.70. The van der Waals surface area contributed by atoms with E-state index in [1.54, 1.807) is 18.4 Å². The smallest absolute Gasteiger partial charge is 0.191 e. The van der Waals surface area contributed by atoms with E-state index < -0.39 is 0 Å². The summed E-state index contributed by atoms with van der Waals surface area (Å²) in [5.41, 5.74) is 2.22. The Morgan fingerprint density at radius 2 is 2.15 bits per heavy atom. The second kappa shape index (κ2) is 6.05. The lowest BCUT2D eigenvalue weighted by molar-refractivity contribution is 0.795. The highest BCUT2D eigenvalue weighted by molar-refractivity contribution is 7.13. The number of aromatic nitrogens is 1. The van der Waals surface area contributed by atoms with Gasteiger partial charge in [-0.2, -0.15) is 0 Å². The van der Waals surface area contributed by atoms with Crippen molar-refractivity contribution in [3.05, 3.63) is 41.4 Å². The molecule has 2 N–H and O–H groups in total. The highest BCUT2D eigenvalue weighted by Crippen LogP contribution is 2.23. The van der Waals surface area contributed by atoms with Crippen molar-refractivity contribution in [1.82, 2.24) is 15.6 Å². The molecule has 104 valence electrons. The van der Waals surface area contributed by atoms with Gasteiger partial charge in [0.25, 0.3) is 0 Å². The highest BCUT2D eigenvalue weighted by atomic mass is 32.1. The molecule has 0 spiro atoms. The van der Waals surface area contributed by atoms with Crippen molar-refractivity contribution in [3.63, 3.8) is 0 Å². The van der Waals surface area contributed by atoms with Crippen LogP contribution in [-0.2, 0) is 6.54 Å². The van der Waals surface area contributed by atoms with E-state index in [0.717, 1.165) is 16.7 Å². The van der Waals surface area contributed by atoms with Gasteiger partial charge in [-0.3, -0.25) is 4.99 Å². The van der Waals surface area contributed by atoms with Crippen LogP contribution in [0.1, 0.15) is 18.5 Å². The van der Waals surface area contributed by atoms with Crippen LogP contribution >= 0.6 is 11.3 Å². The van der Waals surface area contributed by atoms with Gasteiger partial charge < -0.3 is 10.6 Å². The molecule has 20 heavy (non-hydrogen) atoms. The second-order valence-electron chi connectivity index (χ2n) is 4.85. The zero-order valence-corrected chi connectivity index (χ0v) is 12.3. The maximum atomic E-state index is 4.65. The van der Waals surface area contributed by atoms with E-state index in [1.807, 2.05) is 18.2 Å². The number of benzene rings is 1. The molecule has 1 aliphatic carbocycles. The third-order valence-corrected chi connectivity index (χ3v) is 4.09. The van der Waals surface area contributed by atoms with E-state index in [2.05, 4.69) is 38.1 Å². The molecule has 2 aromatic rings. The summed E-state index contributed by atoms with van der Waals surface area (Å²) in [6.07, 6.45) is 2.49. The minimum Gasteiger partial charge on any atom is -0.354 e. The first-order chi connectivity index (χ1) is 9.85. The van der Waals surface area contributed by atoms with Crippen molar-refractivity contribution in [3.8, 4) is 10.6 Å². The fourth-order valence-electron chi connectivity index (χ4n) is 1.89. The minimum absolute atomic E-state index is 0.608. The predicted octanol–water partition coefficient (Wildman–Crippen LogP) is 2.64. The Balaban J connectivity index is 1.59. The molecule has 0 unspecified atom stereocenters. The molecule has 1 saturated carbocycles. The second-order valence-corrected chi connectivity index (χ2v) is 5.71. The van der Waals surface area contributed by atoms with Gasteiger partial charge in [-0.1, -0.05) is 30.3 Å². The molecule has 0 aliphatic heterocycles. The molecule has 1 heterocycles. The molecule has 5 heteroatoms. The average molecular weight is 286 g/mol. The van der Waals surface area contributed by atoms with Crippen molar-refractivity contribution in [1.29, 1.82) is 0 Å². The van der Waals surface area contributed by atoms with Crippen LogP contribution < -0.4 is 10.6 Å². The predicted molar refractivity (Wildman–Crippen MR) is 83.9 cm³/mol. The van der Waals surface area contributed by atoms with Gasteiger partial charge in [0.1, 0.15) is 5.01 Å². The third kappa shape index (κ3) is 3.36. The van der Waals surface area contributed by atoms with Crippen molar-refractivity contribution in [2.75, 3.05) is 7.05 Å². The Bertz CT molecular complexity index is 587. The maximum absolute atomic E-state index is 4.65. The quantitative estimate of drug-likeness (QED) is 0.671. The summed E-state index contributed by atoms with van der Waals surface area (Å²) in [4.78, 5) is 8.87. The Morgan fingerprint density at radius 3 is 2.85 bits per heavy atom. The summed E-state index contributed by atoms with van der Waals surface area (Å²) < 4.78 is 0. The van der Waals surface area contributed by atoms with Crippen LogP contribution in [-0.4, -0.2) is 24.0 Å². The molecule has 0 bridgehead atoms. The molecule has 0 amide bonds. The average Bonchev–Trinajstić information content (AvgIpc) is 3.19. The van der Waals surface area contributed by atoms with Gasteiger partial charge in [-0.15, -0.1) is 11.3 Å². The fraction of sp³-hybridized carbons (Fsp3) is 0.333. The Hall–Kier alpha value is -1.88. The summed E-state index contributed by atoms with van der Waals surface area (Å²) in [6, 6.07) is 10.9. The number of rotatable bonds is 4. The van der Waals surface area contributed by atoms with Gasteiger partial charge in [0.15, 0.2) is 5.96 Å². The number of hydrogen-bond donors (Lipinski definition) is 2. The molecule has 3 rings (SSSR count). The summed E-state index contributed by atoms with van der Waals surface area (Å²) in [5.74, 6) is 0.863. The lowest BCUT2D eigenvalue weighted by Crippen LogP contribution is -2.38. The van der Waals surface area contributed by atoms with Crippen LogP contribution in [0.25, 0.3) is 10.6 Å². The molecule has 1 aromatic carbocycles. The van der Waals surface area contributed by atoms with E-state index in [0.29, 0.717) is 12.6 Å². The first kappa shape index (κ1) is 13.1. The molecular formula is C15H18N4S. The summed E-state index contributed by atoms with van der Waals surface area (Å²) >= 11 is 1.68. The van der Waals surface area contributed by atoms with Gasteiger partial charge in [0, 0.05) is 24.0 Å². The lowest BCUT2D eigenvalue weighted by atomic mass is 10.2. The lowest BCUT2D eigenvalue weighted by Gasteiger charge is -2.09. The molecule has 1 aromatic heterocycles. The van der Waals surface area contributed by atoms with E-state index in [4.69, 9.17) is 0 Å². The third-order valence-electron chi connectivity index (χ3n) is 3.15. The van der Waals surface area contributed by atoms with Crippen molar-refractivity contribution >= 4 is 17.3 Å². The maximum Gasteiger partial charge on any atom is 0.191 e. The minimum atomic E-state index is 0.608. The molecule has 0 atom stereocenters. The van der Waals surface area contributed by atoms with Gasteiger partial charge in [0.05, 0.1) is 12.2 Å². The van der Waals surface area contributed by atoms with E-state index in [9.17, 15) is 0 Å². The number of aliphatic imine (C=N–C) groups is 1. The molecule has 0 saturated heterocycles. The number of nitrogens with one attached hydrogen (secondary N) is 2. The van der Waals surface area contributed by atoms with Gasteiger partial charge >= 0.3 is 0 Å². The number of nitrogens with zero attached hydrogens (tertiary/aromatic N) is 2. The Morgan fingerprint density at radius 1 is 1.35 bits per heavy atom. The van der Waals surface area contributed by atoms with Crippen LogP contribution in [0.2, 0.25) is 0 Å². The van der Waals surface area contributed by atoms with Crippen LogP contribution in [0.3, 0.4) is 0 Å². The zero-order chi connectivity index (χ0) is 13.8. The monoisotopic (exact) mass is 286 g/mol. The SMILES string of the molecule is CN=C(NCc1csc(-c2ccccc2)n1)NC1CC1. The summed E-state index contributed by atoms with van der Waals surface area (Å²) in [6.45, 7) is 0.704. The summed E-state index contributed by atoms with van der Waals surface area (Å²) in [7, 11) is 1.80. The van der Waals surface area contributed by atoms with Crippen molar-refractivity contribution in [2.24, 2.45) is 4.99 Å². The standard InChI is InChI=1S/C15H18N4S/c1-16-15(19-12-7-8-12)17-9-13-10-20-14(18-13)11-5-3-2-4-6-11/h2-6,10,12H,7-9H2,1H3,(H2,16,17,19). The van der Waals surface area contributed by atoms with E-state index in [1.165, 1.54) is 18.4 Å². The molecule has 0 radical (unpaired) electrons. The molecule has 4 nitrogen and oxygen atoms in total. The van der Waals surface area contributed by atoms with Gasteiger partial charge in [-0.05, 0) is 12.8 Å². The molecule has 1 fully saturated rings.